The summed E-state index contributed by atoms with van der Waals surface area (Å²) in [5, 5.41) is 5.48. The summed E-state index contributed by atoms with van der Waals surface area (Å²) < 4.78 is 38.6. The molecule has 26 heavy (non-hydrogen) atoms. The van der Waals surface area contributed by atoms with E-state index in [0.29, 0.717) is 5.69 Å². The number of amides is 1. The van der Waals surface area contributed by atoms with Crippen LogP contribution in [0.25, 0.3) is 0 Å². The fourth-order valence-corrected chi connectivity index (χ4v) is 2.23. The van der Waals surface area contributed by atoms with Crippen LogP contribution in [0.15, 0.2) is 24.3 Å². The number of carbonyl (C=O) groups is 1. The predicted octanol–water partition coefficient (Wildman–Crippen LogP) is 4.73. The zero-order chi connectivity index (χ0) is 19.7. The van der Waals surface area contributed by atoms with Crippen molar-refractivity contribution in [1.29, 1.82) is 0 Å². The highest BCUT2D eigenvalue weighted by Crippen LogP contribution is 2.34. The van der Waals surface area contributed by atoms with Gasteiger partial charge in [0.15, 0.2) is 0 Å². The van der Waals surface area contributed by atoms with Gasteiger partial charge in [0.2, 0.25) is 5.95 Å². The van der Waals surface area contributed by atoms with Crippen LogP contribution in [0.3, 0.4) is 0 Å². The molecule has 0 saturated heterocycles. The Kier molecular flexibility index (Phi) is 5.46. The third kappa shape index (κ3) is 5.32. The van der Waals surface area contributed by atoms with Crippen LogP contribution in [0.1, 0.15) is 42.5 Å². The summed E-state index contributed by atoms with van der Waals surface area (Å²) in [7, 11) is 0. The average molecular weight is 387 g/mol. The third-order valence-corrected chi connectivity index (χ3v) is 3.45. The van der Waals surface area contributed by atoms with Crippen molar-refractivity contribution in [3.63, 3.8) is 0 Å². The van der Waals surface area contributed by atoms with Gasteiger partial charge >= 0.3 is 6.18 Å². The number of rotatable bonds is 3. The first-order valence-electron chi connectivity index (χ1n) is 7.67. The van der Waals surface area contributed by atoms with Gasteiger partial charge in [0, 0.05) is 11.2 Å². The Hall–Kier alpha value is -2.35. The normalized spacial score (nSPS) is 12.0. The monoisotopic (exact) mass is 386 g/mol. The van der Waals surface area contributed by atoms with Crippen LogP contribution in [-0.4, -0.2) is 21.4 Å². The van der Waals surface area contributed by atoms with Crippen LogP contribution >= 0.6 is 11.6 Å². The number of hydrogen-bond donors (Lipinski definition) is 2. The van der Waals surface area contributed by atoms with Gasteiger partial charge < -0.3 is 10.6 Å². The molecule has 0 aliphatic rings. The lowest BCUT2D eigenvalue weighted by Gasteiger charge is -2.20. The summed E-state index contributed by atoms with van der Waals surface area (Å²) in [6.45, 7) is 7.11. The number of benzene rings is 1. The summed E-state index contributed by atoms with van der Waals surface area (Å²) in [6, 6.07) is 4.37. The quantitative estimate of drug-likeness (QED) is 0.800. The van der Waals surface area contributed by atoms with Crippen LogP contribution in [-0.2, 0) is 6.18 Å². The van der Waals surface area contributed by atoms with Crippen molar-refractivity contribution in [2.24, 2.45) is 0 Å². The molecule has 0 aliphatic heterocycles. The molecule has 0 saturated carbocycles. The molecule has 1 heterocycles. The van der Waals surface area contributed by atoms with Gasteiger partial charge in [-0.05, 0) is 52.0 Å². The van der Waals surface area contributed by atoms with E-state index in [2.05, 4.69) is 20.6 Å². The van der Waals surface area contributed by atoms with E-state index in [1.807, 2.05) is 20.8 Å². The number of halogens is 4. The molecule has 1 aromatic carbocycles. The lowest BCUT2D eigenvalue weighted by atomic mass is 10.1. The average Bonchev–Trinajstić information content (AvgIpc) is 2.46. The Morgan fingerprint density at radius 3 is 2.35 bits per heavy atom. The van der Waals surface area contributed by atoms with Gasteiger partial charge in [0.25, 0.3) is 5.91 Å². The van der Waals surface area contributed by atoms with Crippen molar-refractivity contribution < 1.29 is 18.0 Å². The zero-order valence-corrected chi connectivity index (χ0v) is 15.4. The molecule has 0 fully saturated rings. The second-order valence-corrected chi connectivity index (χ2v) is 7.15. The molecule has 0 unspecified atom stereocenters. The number of carbonyl (C=O) groups excluding carboxylic acids is 1. The fourth-order valence-electron chi connectivity index (χ4n) is 2.06. The number of alkyl halides is 3. The first-order chi connectivity index (χ1) is 11.8. The second kappa shape index (κ2) is 7.11. The van der Waals surface area contributed by atoms with Crippen LogP contribution in [0.4, 0.5) is 24.8 Å². The van der Waals surface area contributed by atoms with Gasteiger partial charge in [-0.25, -0.2) is 9.97 Å². The van der Waals surface area contributed by atoms with E-state index >= 15 is 0 Å². The maximum absolute atomic E-state index is 12.9. The number of nitrogens with one attached hydrogen (secondary N) is 2. The van der Waals surface area contributed by atoms with E-state index in [4.69, 9.17) is 11.6 Å². The zero-order valence-electron chi connectivity index (χ0n) is 14.6. The molecule has 9 heteroatoms. The van der Waals surface area contributed by atoms with Crippen LogP contribution in [0.2, 0.25) is 5.02 Å². The Bertz CT molecular complexity index is 832. The van der Waals surface area contributed by atoms with Gasteiger partial charge in [0.1, 0.15) is 5.69 Å². The van der Waals surface area contributed by atoms with Crippen LogP contribution in [0.5, 0.6) is 0 Å². The molecule has 0 radical (unpaired) electrons. The highest BCUT2D eigenvalue weighted by Gasteiger charge is 2.31. The predicted molar refractivity (Wildman–Crippen MR) is 93.7 cm³/mol. The molecule has 0 spiro atoms. The summed E-state index contributed by atoms with van der Waals surface area (Å²) >= 11 is 5.96. The molecular weight excluding hydrogens is 369 g/mol. The number of hydrogen-bond acceptors (Lipinski definition) is 4. The minimum atomic E-state index is -4.51. The van der Waals surface area contributed by atoms with Gasteiger partial charge in [-0.15, -0.1) is 0 Å². The number of aryl methyl sites for hydroxylation is 1. The van der Waals surface area contributed by atoms with Crippen molar-refractivity contribution in [2.45, 2.75) is 39.4 Å². The summed E-state index contributed by atoms with van der Waals surface area (Å²) in [6.07, 6.45) is -4.51. The van der Waals surface area contributed by atoms with E-state index in [1.54, 1.807) is 6.92 Å². The van der Waals surface area contributed by atoms with Crippen LogP contribution < -0.4 is 10.6 Å². The van der Waals surface area contributed by atoms with E-state index in [1.165, 1.54) is 6.07 Å². The molecule has 0 aliphatic carbocycles. The highest BCUT2D eigenvalue weighted by molar-refractivity contribution is 6.33. The maximum Gasteiger partial charge on any atom is 0.416 e. The fraction of sp³-hybridized carbons (Fsp3) is 0.353. The summed E-state index contributed by atoms with van der Waals surface area (Å²) in [5.41, 5.74) is -0.756. The summed E-state index contributed by atoms with van der Waals surface area (Å²) in [4.78, 5) is 20.4. The lowest BCUT2D eigenvalue weighted by Crippen LogP contribution is -2.41. The molecule has 2 N–H and O–H groups in total. The number of nitrogens with zero attached hydrogens (tertiary/aromatic N) is 2. The third-order valence-electron chi connectivity index (χ3n) is 3.12. The second-order valence-electron chi connectivity index (χ2n) is 6.74. The minimum absolute atomic E-state index is 0.00530. The van der Waals surface area contributed by atoms with Gasteiger partial charge in [-0.1, -0.05) is 11.6 Å². The van der Waals surface area contributed by atoms with E-state index < -0.39 is 23.2 Å². The van der Waals surface area contributed by atoms with E-state index in [9.17, 15) is 18.0 Å². The molecule has 5 nitrogen and oxygen atoms in total. The van der Waals surface area contributed by atoms with Crippen molar-refractivity contribution in [2.75, 3.05) is 5.32 Å². The molecule has 0 bridgehead atoms. The first-order valence-corrected chi connectivity index (χ1v) is 8.05. The summed E-state index contributed by atoms with van der Waals surface area (Å²) in [5.74, 6) is -0.438. The Morgan fingerprint density at radius 2 is 1.77 bits per heavy atom. The number of anilines is 2. The van der Waals surface area contributed by atoms with Crippen LogP contribution in [0, 0.1) is 6.92 Å². The van der Waals surface area contributed by atoms with Gasteiger partial charge in [-0.3, -0.25) is 4.79 Å². The molecule has 140 valence electrons. The first kappa shape index (κ1) is 20.0. The smallest absolute Gasteiger partial charge is 0.346 e. The SMILES string of the molecule is Cc1cc(C(=O)NC(C)(C)C)nc(Nc2cc(C(F)(F)F)ccc2Cl)n1. The van der Waals surface area contributed by atoms with E-state index in [-0.39, 0.29) is 22.4 Å². The van der Waals surface area contributed by atoms with E-state index in [0.717, 1.165) is 18.2 Å². The maximum atomic E-state index is 12.9. The molecule has 2 aromatic rings. The molecule has 0 atom stereocenters. The highest BCUT2D eigenvalue weighted by atomic mass is 35.5. The van der Waals surface area contributed by atoms with Gasteiger partial charge in [0.05, 0.1) is 16.3 Å². The topological polar surface area (TPSA) is 66.9 Å². The van der Waals surface area contributed by atoms with Crippen molar-refractivity contribution in [1.82, 2.24) is 15.3 Å². The minimum Gasteiger partial charge on any atom is -0.346 e. The number of aromatic nitrogens is 2. The lowest BCUT2D eigenvalue weighted by molar-refractivity contribution is -0.137. The molecule has 2 rings (SSSR count). The standard InChI is InChI=1S/C17H18ClF3N4O/c1-9-7-13(14(26)25-16(2,3)4)24-15(22-9)23-12-8-10(17(19,20)21)5-6-11(12)18/h5-8H,1-4H3,(H,25,26)(H,22,23,24). The van der Waals surface area contributed by atoms with Crippen molar-refractivity contribution in [3.8, 4) is 0 Å². The van der Waals surface area contributed by atoms with Crippen molar-refractivity contribution >= 4 is 29.1 Å². The molecule has 1 aromatic heterocycles. The van der Waals surface area contributed by atoms with Crippen molar-refractivity contribution in [3.05, 3.63) is 46.2 Å². The Labute approximate surface area is 154 Å². The largest absolute Gasteiger partial charge is 0.416 e. The Morgan fingerprint density at radius 1 is 1.12 bits per heavy atom. The molecule has 1 amide bonds. The Balaban J connectivity index is 2.35. The molecular formula is C17H18ClF3N4O. The van der Waals surface area contributed by atoms with Gasteiger partial charge in [-0.2, -0.15) is 13.2 Å².